The van der Waals surface area contributed by atoms with Crippen molar-refractivity contribution in [2.45, 2.75) is 77.8 Å². The second-order valence-electron chi connectivity index (χ2n) is 9.13. The van der Waals surface area contributed by atoms with Crippen molar-refractivity contribution < 1.29 is 18.0 Å². The summed E-state index contributed by atoms with van der Waals surface area (Å²) in [7, 11) is 0. The SMILES string of the molecule is CCc1cc(C(C)CC)ccc1Nc1ncc(C(F)(F)F)c(NCCCN2CCCCCC2=O)n1. The highest BCUT2D eigenvalue weighted by Crippen LogP contribution is 2.34. The average molecular weight is 492 g/mol. The van der Waals surface area contributed by atoms with Gasteiger partial charge in [-0.2, -0.15) is 18.2 Å². The number of carbonyl (C=O) groups is 1. The van der Waals surface area contributed by atoms with E-state index in [2.05, 4.69) is 40.5 Å². The van der Waals surface area contributed by atoms with Gasteiger partial charge in [-0.15, -0.1) is 0 Å². The fourth-order valence-electron chi connectivity index (χ4n) is 4.23. The van der Waals surface area contributed by atoms with Crippen LogP contribution < -0.4 is 10.6 Å². The topological polar surface area (TPSA) is 70.2 Å². The maximum Gasteiger partial charge on any atom is 0.421 e. The van der Waals surface area contributed by atoms with Crippen LogP contribution in [0.5, 0.6) is 0 Å². The molecule has 9 heteroatoms. The van der Waals surface area contributed by atoms with Gasteiger partial charge in [-0.1, -0.05) is 39.3 Å². The number of amides is 1. The second-order valence-corrected chi connectivity index (χ2v) is 9.13. The zero-order valence-corrected chi connectivity index (χ0v) is 20.8. The number of halogens is 3. The molecule has 2 aromatic rings. The first-order chi connectivity index (χ1) is 16.7. The molecule has 35 heavy (non-hydrogen) atoms. The molecule has 3 rings (SSSR count). The number of aryl methyl sites for hydroxylation is 1. The van der Waals surface area contributed by atoms with E-state index in [1.807, 2.05) is 24.0 Å². The summed E-state index contributed by atoms with van der Waals surface area (Å²) in [5.74, 6) is 0.399. The van der Waals surface area contributed by atoms with Gasteiger partial charge in [0.1, 0.15) is 11.4 Å². The van der Waals surface area contributed by atoms with Crippen molar-refractivity contribution in [1.29, 1.82) is 0 Å². The van der Waals surface area contributed by atoms with Crippen molar-refractivity contribution in [2.75, 3.05) is 30.3 Å². The third-order valence-corrected chi connectivity index (χ3v) is 6.60. The Morgan fingerprint density at radius 3 is 2.69 bits per heavy atom. The van der Waals surface area contributed by atoms with Crippen molar-refractivity contribution >= 4 is 23.4 Å². The minimum absolute atomic E-state index is 0.106. The van der Waals surface area contributed by atoms with Crippen LogP contribution in [0.15, 0.2) is 24.4 Å². The van der Waals surface area contributed by atoms with Crippen LogP contribution in [0, 0.1) is 0 Å². The number of hydrogen-bond acceptors (Lipinski definition) is 5. The first-order valence-corrected chi connectivity index (χ1v) is 12.6. The number of nitrogens with one attached hydrogen (secondary N) is 2. The Labute approximate surface area is 205 Å². The number of hydrogen-bond donors (Lipinski definition) is 2. The summed E-state index contributed by atoms with van der Waals surface area (Å²) in [6, 6.07) is 6.10. The monoisotopic (exact) mass is 491 g/mol. The van der Waals surface area contributed by atoms with Gasteiger partial charge >= 0.3 is 6.18 Å². The highest BCUT2D eigenvalue weighted by molar-refractivity contribution is 5.76. The Kier molecular flexibility index (Phi) is 9.34. The molecule has 1 saturated heterocycles. The van der Waals surface area contributed by atoms with Gasteiger partial charge in [-0.05, 0) is 55.2 Å². The lowest BCUT2D eigenvalue weighted by Gasteiger charge is -2.21. The molecule has 1 aliphatic heterocycles. The number of aromatic nitrogens is 2. The van der Waals surface area contributed by atoms with E-state index in [1.54, 1.807) is 0 Å². The Hall–Kier alpha value is -2.84. The molecule has 0 radical (unpaired) electrons. The summed E-state index contributed by atoms with van der Waals surface area (Å²) < 4.78 is 40.7. The molecule has 1 atom stereocenters. The van der Waals surface area contributed by atoms with Crippen LogP contribution in [0.25, 0.3) is 0 Å². The van der Waals surface area contributed by atoms with Gasteiger partial charge < -0.3 is 15.5 Å². The minimum atomic E-state index is -4.58. The number of benzene rings is 1. The smallest absolute Gasteiger partial charge is 0.369 e. The van der Waals surface area contributed by atoms with E-state index in [0.717, 1.165) is 49.6 Å². The van der Waals surface area contributed by atoms with E-state index in [0.29, 0.717) is 31.8 Å². The van der Waals surface area contributed by atoms with Crippen molar-refractivity contribution in [2.24, 2.45) is 0 Å². The first kappa shape index (κ1) is 26.8. The second kappa shape index (κ2) is 12.2. The molecule has 0 spiro atoms. The third kappa shape index (κ3) is 7.32. The highest BCUT2D eigenvalue weighted by atomic mass is 19.4. The summed E-state index contributed by atoms with van der Waals surface area (Å²) in [5.41, 5.74) is 2.16. The fourth-order valence-corrected chi connectivity index (χ4v) is 4.23. The number of carbonyl (C=O) groups excluding carboxylic acids is 1. The Bertz CT molecular complexity index is 995. The quantitative estimate of drug-likeness (QED) is 0.370. The summed E-state index contributed by atoms with van der Waals surface area (Å²) >= 11 is 0. The zero-order chi connectivity index (χ0) is 25.4. The Balaban J connectivity index is 1.72. The fraction of sp³-hybridized carbons (Fsp3) is 0.577. The van der Waals surface area contributed by atoms with Crippen LogP contribution in [-0.2, 0) is 17.4 Å². The van der Waals surface area contributed by atoms with Gasteiger partial charge in [-0.25, -0.2) is 4.98 Å². The highest BCUT2D eigenvalue weighted by Gasteiger charge is 2.35. The van der Waals surface area contributed by atoms with Crippen LogP contribution in [0.3, 0.4) is 0 Å². The predicted octanol–water partition coefficient (Wildman–Crippen LogP) is 6.52. The van der Waals surface area contributed by atoms with Gasteiger partial charge in [0.05, 0.1) is 0 Å². The number of alkyl halides is 3. The molecule has 0 bridgehead atoms. The van der Waals surface area contributed by atoms with Gasteiger partial charge in [0, 0.05) is 37.9 Å². The molecule has 2 N–H and O–H groups in total. The Morgan fingerprint density at radius 2 is 1.97 bits per heavy atom. The van der Waals surface area contributed by atoms with Crippen molar-refractivity contribution in [1.82, 2.24) is 14.9 Å². The van der Waals surface area contributed by atoms with Gasteiger partial charge in [0.15, 0.2) is 0 Å². The molecule has 1 amide bonds. The maximum atomic E-state index is 13.6. The lowest BCUT2D eigenvalue weighted by molar-refractivity contribution is -0.137. The standard InChI is InChI=1S/C26H36F3N5O/c1-4-18(3)20-11-12-22(19(5-2)16-20)32-25-31-17-21(26(27,28)29)24(33-25)30-13-9-15-34-14-8-6-7-10-23(34)35/h11-12,16-18H,4-10,13-15H2,1-3H3,(H2,30,31,32,33). The number of likely N-dealkylation sites (tertiary alicyclic amines) is 1. The average Bonchev–Trinajstić information content (AvgIpc) is 3.04. The van der Waals surface area contributed by atoms with Crippen molar-refractivity contribution in [3.05, 3.63) is 41.1 Å². The number of rotatable bonds is 10. The summed E-state index contributed by atoms with van der Waals surface area (Å²) in [6.07, 6.45) is 2.02. The normalized spacial score (nSPS) is 15.6. The third-order valence-electron chi connectivity index (χ3n) is 6.60. The maximum absolute atomic E-state index is 13.6. The van der Waals surface area contributed by atoms with E-state index >= 15 is 0 Å². The Morgan fingerprint density at radius 1 is 1.17 bits per heavy atom. The molecule has 1 unspecified atom stereocenters. The number of anilines is 3. The van der Waals surface area contributed by atoms with E-state index in [-0.39, 0.29) is 24.2 Å². The van der Waals surface area contributed by atoms with E-state index in [9.17, 15) is 18.0 Å². The summed E-state index contributed by atoms with van der Waals surface area (Å²) in [5, 5.41) is 5.93. The molecule has 2 heterocycles. The van der Waals surface area contributed by atoms with E-state index < -0.39 is 11.7 Å². The van der Waals surface area contributed by atoms with E-state index in [4.69, 9.17) is 0 Å². The van der Waals surface area contributed by atoms with Crippen LogP contribution in [0.2, 0.25) is 0 Å². The molecular weight excluding hydrogens is 455 g/mol. The van der Waals surface area contributed by atoms with Crippen molar-refractivity contribution in [3.63, 3.8) is 0 Å². The largest absolute Gasteiger partial charge is 0.421 e. The predicted molar refractivity (Wildman–Crippen MR) is 133 cm³/mol. The lowest BCUT2D eigenvalue weighted by atomic mass is 9.95. The molecule has 1 fully saturated rings. The summed E-state index contributed by atoms with van der Waals surface area (Å²) in [6.45, 7) is 7.85. The van der Waals surface area contributed by atoms with Crippen LogP contribution in [0.4, 0.5) is 30.6 Å². The molecule has 6 nitrogen and oxygen atoms in total. The number of nitrogens with zero attached hydrogens (tertiary/aromatic N) is 3. The van der Waals surface area contributed by atoms with E-state index in [1.165, 1.54) is 5.56 Å². The van der Waals surface area contributed by atoms with Crippen LogP contribution >= 0.6 is 0 Å². The van der Waals surface area contributed by atoms with Gasteiger partial charge in [0.2, 0.25) is 11.9 Å². The van der Waals surface area contributed by atoms with Crippen LogP contribution in [-0.4, -0.2) is 40.4 Å². The van der Waals surface area contributed by atoms with Gasteiger partial charge in [0.25, 0.3) is 0 Å². The lowest BCUT2D eigenvalue weighted by Crippen LogP contribution is -2.32. The molecule has 1 aliphatic rings. The molecular formula is C26H36F3N5O. The van der Waals surface area contributed by atoms with Gasteiger partial charge in [-0.3, -0.25) is 4.79 Å². The molecule has 0 saturated carbocycles. The summed E-state index contributed by atoms with van der Waals surface area (Å²) in [4.78, 5) is 22.0. The molecule has 1 aromatic heterocycles. The molecule has 0 aliphatic carbocycles. The zero-order valence-electron chi connectivity index (χ0n) is 20.8. The first-order valence-electron chi connectivity index (χ1n) is 12.6. The van der Waals surface area contributed by atoms with Crippen molar-refractivity contribution in [3.8, 4) is 0 Å². The molecule has 1 aromatic carbocycles. The van der Waals surface area contributed by atoms with Crippen LogP contribution in [0.1, 0.15) is 81.9 Å². The minimum Gasteiger partial charge on any atom is -0.369 e. The molecule has 192 valence electrons.